The van der Waals surface area contributed by atoms with Gasteiger partial charge in [0, 0.05) is 37.7 Å². The number of amides is 2. The molecule has 0 aromatic heterocycles. The number of hydrogen-bond acceptors (Lipinski definition) is 6. The minimum absolute atomic E-state index is 0.0473. The number of nitrogens with two attached hydrogens (primary N) is 1. The Labute approximate surface area is 212 Å². The summed E-state index contributed by atoms with van der Waals surface area (Å²) in [5, 5.41) is 3.14. The molecule has 3 N–H and O–H groups in total. The lowest BCUT2D eigenvalue weighted by Gasteiger charge is -2.40. The summed E-state index contributed by atoms with van der Waals surface area (Å²) in [4.78, 5) is 33.0. The Balaban J connectivity index is 1.51. The fourth-order valence-corrected chi connectivity index (χ4v) is 5.79. The number of ether oxygens (including phenoxy) is 2. The normalized spacial score (nSPS) is 26.9. The molecule has 0 spiro atoms. The highest BCUT2D eigenvalue weighted by molar-refractivity contribution is 5.99. The molecular weight excluding hydrogens is 463 g/mol. The molecular formula is C27H39FN4O4. The number of aliphatic imine (C=N–C) groups is 1. The van der Waals surface area contributed by atoms with Crippen molar-refractivity contribution in [1.82, 2.24) is 10.2 Å². The van der Waals surface area contributed by atoms with Crippen molar-refractivity contribution in [3.05, 3.63) is 29.6 Å². The van der Waals surface area contributed by atoms with Gasteiger partial charge in [0.2, 0.25) is 11.8 Å². The Kier molecular flexibility index (Phi) is 7.33. The summed E-state index contributed by atoms with van der Waals surface area (Å²) in [6.45, 7) is 8.40. The van der Waals surface area contributed by atoms with Gasteiger partial charge < -0.3 is 20.5 Å². The molecule has 198 valence electrons. The number of hydrogen-bond donors (Lipinski definition) is 2. The molecule has 2 heterocycles. The van der Waals surface area contributed by atoms with Crippen LogP contribution in [0.3, 0.4) is 0 Å². The quantitative estimate of drug-likeness (QED) is 0.536. The first-order chi connectivity index (χ1) is 17.0. The topological polar surface area (TPSA) is 106 Å². The average molecular weight is 503 g/mol. The van der Waals surface area contributed by atoms with Gasteiger partial charge in [0.1, 0.15) is 17.2 Å². The average Bonchev–Trinajstić information content (AvgIpc) is 3.61. The number of carbonyl (C=O) groups is 2. The van der Waals surface area contributed by atoms with Crippen molar-refractivity contribution in [2.45, 2.75) is 89.4 Å². The highest BCUT2D eigenvalue weighted by Gasteiger charge is 2.53. The molecule has 4 rings (SSSR count). The molecule has 1 aromatic rings. The molecule has 9 heteroatoms. The third-order valence-electron chi connectivity index (χ3n) is 8.03. The van der Waals surface area contributed by atoms with E-state index in [-0.39, 0.29) is 47.5 Å². The maximum Gasteiger partial charge on any atom is 0.231 e. The second-order valence-electron chi connectivity index (χ2n) is 11.0. The zero-order chi connectivity index (χ0) is 26.3. The van der Waals surface area contributed by atoms with Gasteiger partial charge in [-0.1, -0.05) is 13.8 Å². The van der Waals surface area contributed by atoms with Crippen molar-refractivity contribution in [3.8, 4) is 5.75 Å². The Bertz CT molecular complexity index is 1040. The lowest BCUT2D eigenvalue weighted by molar-refractivity contribution is -0.133. The Morgan fingerprint density at radius 3 is 2.72 bits per heavy atom. The first-order valence-corrected chi connectivity index (χ1v) is 13.0. The molecule has 1 fully saturated rings. The van der Waals surface area contributed by atoms with Crippen molar-refractivity contribution < 1.29 is 23.5 Å². The molecule has 1 saturated carbocycles. The standard InChI is InChI=1S/C27H39FN4O4/c1-6-27(7-2)15-23(33)32(25(29)31-27)21(10-11-35-5)17-13-18(17)24(34)30-20-14-26(3,4)36-22-9-8-16(28)12-19(20)22/h8-9,12,17-18,20-21H,6-7,10-11,13-15H2,1-5H3,(H2,29,31)(H,30,34)/t17-,18?,20?,21+/m0/s1. The van der Waals surface area contributed by atoms with Gasteiger partial charge in [0.05, 0.1) is 18.0 Å². The number of rotatable bonds is 9. The minimum atomic E-state index is -0.497. The van der Waals surface area contributed by atoms with Gasteiger partial charge in [0.25, 0.3) is 0 Å². The zero-order valence-corrected chi connectivity index (χ0v) is 22.0. The van der Waals surface area contributed by atoms with E-state index in [1.807, 2.05) is 27.7 Å². The summed E-state index contributed by atoms with van der Waals surface area (Å²) >= 11 is 0. The predicted molar refractivity (Wildman–Crippen MR) is 135 cm³/mol. The van der Waals surface area contributed by atoms with E-state index in [4.69, 9.17) is 20.2 Å². The lowest BCUT2D eigenvalue weighted by atomic mass is 9.87. The number of methoxy groups -OCH3 is 1. The van der Waals surface area contributed by atoms with Crippen LogP contribution in [0.25, 0.3) is 0 Å². The molecule has 0 saturated heterocycles. The van der Waals surface area contributed by atoms with Gasteiger partial charge in [-0.25, -0.2) is 9.38 Å². The molecule has 2 aliphatic heterocycles. The van der Waals surface area contributed by atoms with Crippen LogP contribution < -0.4 is 15.8 Å². The Morgan fingerprint density at radius 1 is 1.36 bits per heavy atom. The van der Waals surface area contributed by atoms with E-state index in [2.05, 4.69) is 5.32 Å². The smallest absolute Gasteiger partial charge is 0.231 e. The van der Waals surface area contributed by atoms with E-state index in [0.29, 0.717) is 43.6 Å². The van der Waals surface area contributed by atoms with Crippen LogP contribution in [0.5, 0.6) is 5.75 Å². The fourth-order valence-electron chi connectivity index (χ4n) is 5.79. The second-order valence-corrected chi connectivity index (χ2v) is 11.0. The van der Waals surface area contributed by atoms with Crippen molar-refractivity contribution in [2.24, 2.45) is 22.6 Å². The van der Waals surface area contributed by atoms with E-state index < -0.39 is 11.1 Å². The molecule has 0 radical (unpaired) electrons. The van der Waals surface area contributed by atoms with Gasteiger partial charge in [-0.3, -0.25) is 14.5 Å². The maximum absolute atomic E-state index is 14.0. The van der Waals surface area contributed by atoms with Crippen LogP contribution in [-0.4, -0.2) is 53.6 Å². The summed E-state index contributed by atoms with van der Waals surface area (Å²) in [7, 11) is 1.62. The summed E-state index contributed by atoms with van der Waals surface area (Å²) < 4.78 is 25.3. The van der Waals surface area contributed by atoms with Crippen LogP contribution in [-0.2, 0) is 14.3 Å². The van der Waals surface area contributed by atoms with Crippen LogP contribution in [0, 0.1) is 17.7 Å². The molecule has 3 aliphatic rings. The SMILES string of the molecule is CCC1(CC)CC(=O)N([C@H](CCOC)[C@H]2CC2C(=O)NC2CC(C)(C)Oc3ccc(F)cc32)C(N)=N1. The van der Waals surface area contributed by atoms with E-state index in [9.17, 15) is 14.0 Å². The number of halogens is 1. The number of guanidine groups is 1. The number of nitrogens with one attached hydrogen (secondary N) is 1. The third kappa shape index (κ3) is 5.21. The fraction of sp³-hybridized carbons (Fsp3) is 0.667. The van der Waals surface area contributed by atoms with Crippen molar-refractivity contribution in [2.75, 3.05) is 13.7 Å². The summed E-state index contributed by atoms with van der Waals surface area (Å²) in [5.41, 5.74) is 6.06. The van der Waals surface area contributed by atoms with Crippen molar-refractivity contribution in [1.29, 1.82) is 0 Å². The number of fused-ring (bicyclic) bond motifs is 1. The molecule has 8 nitrogen and oxygen atoms in total. The third-order valence-corrected chi connectivity index (χ3v) is 8.03. The van der Waals surface area contributed by atoms with E-state index >= 15 is 0 Å². The second kappa shape index (κ2) is 10.00. The van der Waals surface area contributed by atoms with Gasteiger partial charge in [-0.15, -0.1) is 0 Å². The zero-order valence-electron chi connectivity index (χ0n) is 22.0. The maximum atomic E-state index is 14.0. The van der Waals surface area contributed by atoms with Crippen LogP contribution in [0.15, 0.2) is 23.2 Å². The lowest BCUT2D eigenvalue weighted by Crippen LogP contribution is -2.56. The Morgan fingerprint density at radius 2 is 2.08 bits per heavy atom. The van der Waals surface area contributed by atoms with Crippen molar-refractivity contribution >= 4 is 17.8 Å². The van der Waals surface area contributed by atoms with Gasteiger partial charge in [0.15, 0.2) is 5.96 Å². The van der Waals surface area contributed by atoms with E-state index in [1.165, 1.54) is 12.1 Å². The Hall–Kier alpha value is -2.68. The van der Waals surface area contributed by atoms with Gasteiger partial charge in [-0.2, -0.15) is 0 Å². The summed E-state index contributed by atoms with van der Waals surface area (Å²) in [6, 6.07) is 3.79. The van der Waals surface area contributed by atoms with Crippen LogP contribution >= 0.6 is 0 Å². The largest absolute Gasteiger partial charge is 0.487 e. The summed E-state index contributed by atoms with van der Waals surface area (Å²) in [5.74, 6) is -0.00776. The van der Waals surface area contributed by atoms with Crippen LogP contribution in [0.1, 0.15) is 77.8 Å². The van der Waals surface area contributed by atoms with Gasteiger partial charge >= 0.3 is 0 Å². The highest BCUT2D eigenvalue weighted by Crippen LogP contribution is 2.47. The first kappa shape index (κ1) is 26.4. The molecule has 1 aliphatic carbocycles. The predicted octanol–water partition coefficient (Wildman–Crippen LogP) is 3.69. The van der Waals surface area contributed by atoms with E-state index in [0.717, 1.165) is 12.8 Å². The first-order valence-electron chi connectivity index (χ1n) is 13.0. The molecule has 0 bridgehead atoms. The monoisotopic (exact) mass is 502 g/mol. The van der Waals surface area contributed by atoms with E-state index in [1.54, 1.807) is 18.1 Å². The molecule has 4 atom stereocenters. The summed E-state index contributed by atoms with van der Waals surface area (Å²) in [6.07, 6.45) is 3.53. The number of benzene rings is 1. The molecule has 36 heavy (non-hydrogen) atoms. The van der Waals surface area contributed by atoms with Gasteiger partial charge in [-0.05, 0) is 63.6 Å². The molecule has 1 aromatic carbocycles. The minimum Gasteiger partial charge on any atom is -0.487 e. The van der Waals surface area contributed by atoms with Crippen molar-refractivity contribution in [3.63, 3.8) is 0 Å². The molecule has 2 unspecified atom stereocenters. The van der Waals surface area contributed by atoms with Crippen LogP contribution in [0.2, 0.25) is 0 Å². The number of carbonyl (C=O) groups excluding carboxylic acids is 2. The van der Waals surface area contributed by atoms with Crippen LogP contribution in [0.4, 0.5) is 4.39 Å². The number of nitrogens with zero attached hydrogens (tertiary/aromatic N) is 2. The molecule has 2 amide bonds. The highest BCUT2D eigenvalue weighted by atomic mass is 19.1.